The number of amides is 2. The van der Waals surface area contributed by atoms with Gasteiger partial charge in [-0.15, -0.1) is 0 Å². The minimum Gasteiger partial charge on any atom is -0.469 e. The standard InChI is InChI=1S/C22H28FN3O5S/c1-16-15-19(7-8-20(16)23)32(29,30)26-13-3-2-5-17(26)9-11-24-21(27)22(28)25-12-10-18-6-4-14-31-18/h4,6-8,14-15,17H,2-3,5,9-13H2,1H3,(H,24,27)(H,25,28)/t17-/m1/s1. The van der Waals surface area contributed by atoms with Crippen molar-refractivity contribution in [2.75, 3.05) is 19.6 Å². The second-order valence-electron chi connectivity index (χ2n) is 7.81. The molecule has 10 heteroatoms. The molecule has 2 N–H and O–H groups in total. The number of hydrogen-bond acceptors (Lipinski definition) is 5. The van der Waals surface area contributed by atoms with Crippen molar-refractivity contribution in [1.82, 2.24) is 14.9 Å². The first-order valence-electron chi connectivity index (χ1n) is 10.7. The lowest BCUT2D eigenvalue weighted by Gasteiger charge is -2.34. The lowest BCUT2D eigenvalue weighted by atomic mass is 10.0. The van der Waals surface area contributed by atoms with Gasteiger partial charge in [0.2, 0.25) is 10.0 Å². The van der Waals surface area contributed by atoms with Gasteiger partial charge in [0.05, 0.1) is 11.2 Å². The number of furan rings is 1. The van der Waals surface area contributed by atoms with Crippen LogP contribution in [0.25, 0.3) is 0 Å². The monoisotopic (exact) mass is 465 g/mol. The molecule has 2 amide bonds. The summed E-state index contributed by atoms with van der Waals surface area (Å²) >= 11 is 0. The van der Waals surface area contributed by atoms with E-state index in [0.29, 0.717) is 31.6 Å². The first kappa shape index (κ1) is 23.9. The molecule has 1 atom stereocenters. The zero-order valence-corrected chi connectivity index (χ0v) is 18.8. The van der Waals surface area contributed by atoms with Crippen molar-refractivity contribution in [2.24, 2.45) is 0 Å². The highest BCUT2D eigenvalue weighted by atomic mass is 32.2. The average molecular weight is 466 g/mol. The number of carbonyl (C=O) groups excluding carboxylic acids is 2. The zero-order chi connectivity index (χ0) is 23.1. The molecule has 1 aliphatic rings. The second-order valence-corrected chi connectivity index (χ2v) is 9.70. The molecule has 8 nitrogen and oxygen atoms in total. The summed E-state index contributed by atoms with van der Waals surface area (Å²) in [4.78, 5) is 24.0. The molecule has 0 unspecified atom stereocenters. The van der Waals surface area contributed by atoms with E-state index < -0.39 is 27.7 Å². The van der Waals surface area contributed by atoms with Gasteiger partial charge in [-0.2, -0.15) is 4.31 Å². The number of nitrogens with one attached hydrogen (secondary N) is 2. The molecule has 0 bridgehead atoms. The van der Waals surface area contributed by atoms with Gasteiger partial charge in [-0.05, 0) is 62.1 Å². The number of aryl methyl sites for hydroxylation is 1. The third-order valence-electron chi connectivity index (χ3n) is 5.52. The van der Waals surface area contributed by atoms with Gasteiger partial charge in [0.25, 0.3) is 0 Å². The predicted molar refractivity (Wildman–Crippen MR) is 116 cm³/mol. The van der Waals surface area contributed by atoms with E-state index in [-0.39, 0.29) is 29.6 Å². The van der Waals surface area contributed by atoms with Gasteiger partial charge in [0.15, 0.2) is 0 Å². The van der Waals surface area contributed by atoms with Crippen molar-refractivity contribution in [3.05, 3.63) is 53.7 Å². The number of hydrogen-bond donors (Lipinski definition) is 2. The smallest absolute Gasteiger partial charge is 0.309 e. The van der Waals surface area contributed by atoms with Crippen molar-refractivity contribution in [3.8, 4) is 0 Å². The van der Waals surface area contributed by atoms with E-state index in [0.717, 1.165) is 18.9 Å². The molecule has 0 spiro atoms. The molecule has 1 aromatic heterocycles. The Bertz CT molecular complexity index is 1040. The summed E-state index contributed by atoms with van der Waals surface area (Å²) < 4.78 is 46.4. The topological polar surface area (TPSA) is 109 Å². The first-order chi connectivity index (χ1) is 15.3. The number of sulfonamides is 1. The van der Waals surface area contributed by atoms with Crippen LogP contribution in [0.15, 0.2) is 45.9 Å². The Balaban J connectivity index is 1.52. The minimum absolute atomic E-state index is 0.0586. The number of rotatable bonds is 8. The van der Waals surface area contributed by atoms with Gasteiger partial charge < -0.3 is 15.1 Å². The van der Waals surface area contributed by atoms with Crippen molar-refractivity contribution >= 4 is 21.8 Å². The maximum Gasteiger partial charge on any atom is 0.309 e. The van der Waals surface area contributed by atoms with Crippen LogP contribution >= 0.6 is 0 Å². The molecule has 0 saturated carbocycles. The summed E-state index contributed by atoms with van der Waals surface area (Å²) in [5, 5.41) is 5.08. The van der Waals surface area contributed by atoms with E-state index in [1.54, 1.807) is 12.1 Å². The Morgan fingerprint density at radius 3 is 2.59 bits per heavy atom. The number of halogens is 1. The fourth-order valence-corrected chi connectivity index (χ4v) is 5.57. The lowest BCUT2D eigenvalue weighted by Crippen LogP contribution is -2.46. The highest BCUT2D eigenvalue weighted by Gasteiger charge is 2.33. The van der Waals surface area contributed by atoms with E-state index in [2.05, 4.69) is 10.6 Å². The van der Waals surface area contributed by atoms with Crippen molar-refractivity contribution < 1.29 is 26.8 Å². The van der Waals surface area contributed by atoms with Crippen LogP contribution < -0.4 is 10.6 Å². The second kappa shape index (κ2) is 10.7. The first-order valence-corrected chi connectivity index (χ1v) is 12.1. The molecule has 2 aromatic rings. The molecule has 0 radical (unpaired) electrons. The van der Waals surface area contributed by atoms with Gasteiger partial charge in [-0.25, -0.2) is 12.8 Å². The zero-order valence-electron chi connectivity index (χ0n) is 18.0. The van der Waals surface area contributed by atoms with Crippen LogP contribution in [0.2, 0.25) is 0 Å². The van der Waals surface area contributed by atoms with Crippen molar-refractivity contribution in [3.63, 3.8) is 0 Å². The molecular formula is C22H28FN3O5S. The van der Waals surface area contributed by atoms with Crippen molar-refractivity contribution in [2.45, 2.75) is 50.0 Å². The van der Waals surface area contributed by atoms with Gasteiger partial charge in [-0.1, -0.05) is 6.42 Å². The normalized spacial score (nSPS) is 17.1. The summed E-state index contributed by atoms with van der Waals surface area (Å²) in [6.07, 6.45) is 4.66. The number of benzene rings is 1. The highest BCUT2D eigenvalue weighted by molar-refractivity contribution is 7.89. The highest BCUT2D eigenvalue weighted by Crippen LogP contribution is 2.27. The van der Waals surface area contributed by atoms with E-state index in [1.165, 1.54) is 29.6 Å². The maximum absolute atomic E-state index is 13.6. The number of carbonyl (C=O) groups is 2. The molecule has 1 saturated heterocycles. The van der Waals surface area contributed by atoms with Crippen LogP contribution in [0.5, 0.6) is 0 Å². The van der Waals surface area contributed by atoms with Gasteiger partial charge in [0.1, 0.15) is 11.6 Å². The van der Waals surface area contributed by atoms with Crippen LogP contribution in [-0.4, -0.2) is 50.2 Å². The van der Waals surface area contributed by atoms with Crippen LogP contribution in [0.3, 0.4) is 0 Å². The Labute approximate surface area is 187 Å². The van der Waals surface area contributed by atoms with Crippen molar-refractivity contribution in [1.29, 1.82) is 0 Å². The van der Waals surface area contributed by atoms with E-state index in [1.807, 2.05) is 0 Å². The van der Waals surface area contributed by atoms with E-state index in [4.69, 9.17) is 4.42 Å². The molecule has 1 fully saturated rings. The Hall–Kier alpha value is -2.72. The Morgan fingerprint density at radius 2 is 1.91 bits per heavy atom. The molecule has 1 aliphatic heterocycles. The molecular weight excluding hydrogens is 437 g/mol. The largest absolute Gasteiger partial charge is 0.469 e. The third kappa shape index (κ3) is 5.95. The number of nitrogens with zero attached hydrogens (tertiary/aromatic N) is 1. The van der Waals surface area contributed by atoms with Crippen LogP contribution in [0.1, 0.15) is 37.0 Å². The summed E-state index contributed by atoms with van der Waals surface area (Å²) in [5.41, 5.74) is 0.268. The Kier molecular flexibility index (Phi) is 8.03. The average Bonchev–Trinajstić information content (AvgIpc) is 3.29. The molecule has 3 rings (SSSR count). The Morgan fingerprint density at radius 1 is 1.16 bits per heavy atom. The maximum atomic E-state index is 13.6. The van der Waals surface area contributed by atoms with Crippen LogP contribution in [0.4, 0.5) is 4.39 Å². The molecule has 32 heavy (non-hydrogen) atoms. The molecule has 0 aliphatic carbocycles. The van der Waals surface area contributed by atoms with Crippen LogP contribution in [-0.2, 0) is 26.0 Å². The van der Waals surface area contributed by atoms with Crippen LogP contribution in [0, 0.1) is 12.7 Å². The number of piperidine rings is 1. The minimum atomic E-state index is -3.79. The SMILES string of the molecule is Cc1cc(S(=O)(=O)N2CCCC[C@@H]2CCNC(=O)C(=O)NCCc2ccco2)ccc1F. The summed E-state index contributed by atoms with van der Waals surface area (Å²) in [7, 11) is -3.79. The molecule has 2 heterocycles. The fourth-order valence-electron chi connectivity index (χ4n) is 3.76. The van der Waals surface area contributed by atoms with Gasteiger partial charge >= 0.3 is 11.8 Å². The molecule has 1 aromatic carbocycles. The summed E-state index contributed by atoms with van der Waals surface area (Å²) in [5.74, 6) is -1.25. The lowest BCUT2D eigenvalue weighted by molar-refractivity contribution is -0.139. The molecule has 174 valence electrons. The quantitative estimate of drug-likeness (QED) is 0.581. The van der Waals surface area contributed by atoms with E-state index in [9.17, 15) is 22.4 Å². The fraction of sp³-hybridized carbons (Fsp3) is 0.455. The summed E-state index contributed by atoms with van der Waals surface area (Å²) in [6.45, 7) is 2.33. The van der Waals surface area contributed by atoms with Gasteiger partial charge in [-0.3, -0.25) is 9.59 Å². The third-order valence-corrected chi connectivity index (χ3v) is 7.46. The summed E-state index contributed by atoms with van der Waals surface area (Å²) in [6, 6.07) is 7.00. The van der Waals surface area contributed by atoms with Gasteiger partial charge in [0, 0.05) is 32.1 Å². The predicted octanol–water partition coefficient (Wildman–Crippen LogP) is 2.14. The van der Waals surface area contributed by atoms with E-state index >= 15 is 0 Å².